The number of hydrogen-bond acceptors (Lipinski definition) is 0. The first-order chi connectivity index (χ1) is 6.88. The van der Waals surface area contributed by atoms with Crippen LogP contribution >= 0.6 is 0 Å². The molecular weight excluding hydrogens is 180 g/mol. The van der Waals surface area contributed by atoms with Crippen molar-refractivity contribution in [3.63, 3.8) is 0 Å². The van der Waals surface area contributed by atoms with Gasteiger partial charge < -0.3 is 0 Å². The van der Waals surface area contributed by atoms with Crippen LogP contribution in [-0.4, -0.2) is 0 Å². The van der Waals surface area contributed by atoms with Gasteiger partial charge in [-0.2, -0.15) is 0 Å². The number of rotatable bonds is 0. The zero-order valence-electron chi connectivity index (χ0n) is 10.4. The third kappa shape index (κ3) is 1.86. The molecule has 0 atom stereocenters. The van der Waals surface area contributed by atoms with Crippen LogP contribution in [0.1, 0.15) is 43.0 Å². The van der Waals surface area contributed by atoms with Crippen LogP contribution in [-0.2, 0) is 6.42 Å². The van der Waals surface area contributed by atoms with Gasteiger partial charge in [-0.05, 0) is 47.9 Å². The van der Waals surface area contributed by atoms with Crippen LogP contribution in [0.5, 0.6) is 0 Å². The molecule has 0 bridgehead atoms. The Labute approximate surface area is 93.0 Å². The van der Waals surface area contributed by atoms with Gasteiger partial charge in [0.05, 0.1) is 0 Å². The fourth-order valence-corrected chi connectivity index (χ4v) is 2.11. The third-order valence-corrected chi connectivity index (χ3v) is 3.43. The molecule has 0 N–H and O–H groups in total. The van der Waals surface area contributed by atoms with Gasteiger partial charge in [0.25, 0.3) is 0 Å². The lowest BCUT2D eigenvalue weighted by Crippen LogP contribution is -2.08. The van der Waals surface area contributed by atoms with Crippen LogP contribution in [0.4, 0.5) is 0 Å². The summed E-state index contributed by atoms with van der Waals surface area (Å²) in [5, 5.41) is 0. The van der Waals surface area contributed by atoms with Crippen LogP contribution in [0.2, 0.25) is 0 Å². The van der Waals surface area contributed by atoms with E-state index in [0.29, 0.717) is 5.41 Å². The summed E-state index contributed by atoms with van der Waals surface area (Å²) in [7, 11) is 0. The summed E-state index contributed by atoms with van der Waals surface area (Å²) < 4.78 is 0. The van der Waals surface area contributed by atoms with Crippen LogP contribution in [0, 0.1) is 19.3 Å². The summed E-state index contributed by atoms with van der Waals surface area (Å²) in [5.41, 5.74) is 7.62. The Morgan fingerprint density at radius 2 is 1.60 bits per heavy atom. The number of aryl methyl sites for hydroxylation is 2. The molecule has 0 radical (unpaired) electrons. The highest BCUT2D eigenvalue weighted by Crippen LogP contribution is 2.37. The summed E-state index contributed by atoms with van der Waals surface area (Å²) in [6, 6.07) is 4.67. The van der Waals surface area contributed by atoms with E-state index < -0.39 is 0 Å². The van der Waals surface area contributed by atoms with Crippen molar-refractivity contribution >= 4 is 6.08 Å². The fraction of sp³-hybridized carbons (Fsp3) is 0.467. The topological polar surface area (TPSA) is 0 Å². The standard InChI is InChI=1S/C15H20/c1-10-6-12-8-14(15(3,4)5)9-13(12)7-11(10)2/h6-8H,9H2,1-5H3. The van der Waals surface area contributed by atoms with Crippen molar-refractivity contribution in [2.24, 2.45) is 5.41 Å². The Kier molecular flexibility index (Phi) is 2.26. The Morgan fingerprint density at radius 1 is 1.00 bits per heavy atom. The quantitative estimate of drug-likeness (QED) is 0.586. The minimum absolute atomic E-state index is 0.306. The van der Waals surface area contributed by atoms with Gasteiger partial charge in [0, 0.05) is 0 Å². The number of benzene rings is 1. The zero-order chi connectivity index (χ0) is 11.2. The molecule has 0 aromatic heterocycles. The van der Waals surface area contributed by atoms with Crippen LogP contribution < -0.4 is 0 Å². The zero-order valence-corrected chi connectivity index (χ0v) is 10.4. The van der Waals surface area contributed by atoms with E-state index >= 15 is 0 Å². The SMILES string of the molecule is Cc1cc2c(cc1C)CC(C(C)(C)C)=C2. The summed E-state index contributed by atoms with van der Waals surface area (Å²) in [6.07, 6.45) is 3.52. The maximum atomic E-state index is 2.38. The molecule has 0 saturated carbocycles. The van der Waals surface area contributed by atoms with Gasteiger partial charge in [-0.15, -0.1) is 0 Å². The first kappa shape index (κ1) is 10.5. The highest BCUT2D eigenvalue weighted by Gasteiger charge is 2.23. The van der Waals surface area contributed by atoms with Crippen molar-refractivity contribution in [1.82, 2.24) is 0 Å². The van der Waals surface area contributed by atoms with Gasteiger partial charge in [0.15, 0.2) is 0 Å². The lowest BCUT2D eigenvalue weighted by molar-refractivity contribution is 0.498. The molecule has 0 nitrogen and oxygen atoms in total. The average molecular weight is 200 g/mol. The first-order valence-electron chi connectivity index (χ1n) is 5.69. The smallest absolute Gasteiger partial charge is 0.00525 e. The molecular formula is C15H20. The van der Waals surface area contributed by atoms with Crippen LogP contribution in [0.15, 0.2) is 17.7 Å². The minimum Gasteiger partial charge on any atom is -0.0598 e. The van der Waals surface area contributed by atoms with Gasteiger partial charge in [-0.3, -0.25) is 0 Å². The number of allylic oxidation sites excluding steroid dienone is 1. The van der Waals surface area contributed by atoms with Crippen molar-refractivity contribution < 1.29 is 0 Å². The fourth-order valence-electron chi connectivity index (χ4n) is 2.11. The molecule has 0 unspecified atom stereocenters. The van der Waals surface area contributed by atoms with E-state index in [-0.39, 0.29) is 0 Å². The average Bonchev–Trinajstić information content (AvgIpc) is 2.47. The second-order valence-electron chi connectivity index (χ2n) is 5.73. The lowest BCUT2D eigenvalue weighted by Gasteiger charge is -2.20. The van der Waals surface area contributed by atoms with Crippen molar-refractivity contribution in [3.8, 4) is 0 Å². The normalized spacial score (nSPS) is 15.1. The van der Waals surface area contributed by atoms with Crippen LogP contribution in [0.25, 0.3) is 6.08 Å². The maximum absolute atomic E-state index is 2.38. The molecule has 0 spiro atoms. The summed E-state index contributed by atoms with van der Waals surface area (Å²) in [4.78, 5) is 0. The van der Waals surface area contributed by atoms with E-state index in [0.717, 1.165) is 6.42 Å². The van der Waals surface area contributed by atoms with Crippen molar-refractivity contribution in [1.29, 1.82) is 0 Å². The second kappa shape index (κ2) is 3.23. The van der Waals surface area contributed by atoms with Crippen molar-refractivity contribution in [2.75, 3.05) is 0 Å². The Morgan fingerprint density at radius 3 is 2.20 bits per heavy atom. The molecule has 1 aromatic carbocycles. The molecule has 0 amide bonds. The maximum Gasteiger partial charge on any atom is -0.00525 e. The van der Waals surface area contributed by atoms with E-state index in [1.54, 1.807) is 5.57 Å². The van der Waals surface area contributed by atoms with Gasteiger partial charge >= 0.3 is 0 Å². The van der Waals surface area contributed by atoms with Gasteiger partial charge in [0.2, 0.25) is 0 Å². The van der Waals surface area contributed by atoms with Gasteiger partial charge in [0.1, 0.15) is 0 Å². The van der Waals surface area contributed by atoms with Gasteiger partial charge in [-0.25, -0.2) is 0 Å². The third-order valence-electron chi connectivity index (χ3n) is 3.43. The molecule has 0 fully saturated rings. The first-order valence-corrected chi connectivity index (χ1v) is 5.69. The molecule has 0 saturated heterocycles. The predicted octanol–water partition coefficient (Wildman–Crippen LogP) is 4.29. The van der Waals surface area contributed by atoms with E-state index in [2.05, 4.69) is 52.8 Å². The van der Waals surface area contributed by atoms with Crippen LogP contribution in [0.3, 0.4) is 0 Å². The van der Waals surface area contributed by atoms with Crippen molar-refractivity contribution in [3.05, 3.63) is 40.0 Å². The second-order valence-corrected chi connectivity index (χ2v) is 5.73. The lowest BCUT2D eigenvalue weighted by atomic mass is 9.85. The minimum atomic E-state index is 0.306. The molecule has 15 heavy (non-hydrogen) atoms. The molecule has 1 aliphatic rings. The molecule has 0 aliphatic heterocycles. The van der Waals surface area contributed by atoms with Gasteiger partial charge in [-0.1, -0.05) is 44.6 Å². The molecule has 0 heteroatoms. The molecule has 1 aromatic rings. The Hall–Kier alpha value is -1.04. The molecule has 80 valence electrons. The number of hydrogen-bond donors (Lipinski definition) is 0. The predicted molar refractivity (Wildman–Crippen MR) is 67.1 cm³/mol. The molecule has 1 aliphatic carbocycles. The summed E-state index contributed by atoms with van der Waals surface area (Å²) in [6.45, 7) is 11.3. The molecule has 2 rings (SSSR count). The van der Waals surface area contributed by atoms with E-state index in [4.69, 9.17) is 0 Å². The summed E-state index contributed by atoms with van der Waals surface area (Å²) >= 11 is 0. The van der Waals surface area contributed by atoms with Crippen molar-refractivity contribution in [2.45, 2.75) is 41.0 Å². The molecule has 0 heterocycles. The van der Waals surface area contributed by atoms with E-state index in [9.17, 15) is 0 Å². The Bertz CT molecular complexity index is 428. The highest BCUT2D eigenvalue weighted by atomic mass is 14.3. The Balaban J connectivity index is 2.43. The summed E-state index contributed by atoms with van der Waals surface area (Å²) in [5.74, 6) is 0. The number of fused-ring (bicyclic) bond motifs is 1. The highest BCUT2D eigenvalue weighted by molar-refractivity contribution is 5.66. The van der Waals surface area contributed by atoms with E-state index in [1.165, 1.54) is 22.3 Å². The largest absolute Gasteiger partial charge is 0.0598 e. The van der Waals surface area contributed by atoms with E-state index in [1.807, 2.05) is 0 Å². The monoisotopic (exact) mass is 200 g/mol.